The minimum Gasteiger partial charge on any atom is -1.00 e. The molecule has 202 valence electrons. The topological polar surface area (TPSA) is 0 Å². The molecule has 0 radical (unpaired) electrons. The van der Waals surface area contributed by atoms with E-state index >= 15 is 0 Å². The van der Waals surface area contributed by atoms with E-state index in [0.29, 0.717) is 3.63 Å². The Morgan fingerprint density at radius 3 is 1.60 bits per heavy atom. The number of fused-ring (bicyclic) bond motifs is 3. The summed E-state index contributed by atoms with van der Waals surface area (Å²) in [5, 5.41) is 1.71. The quantitative estimate of drug-likeness (QED) is 0.289. The van der Waals surface area contributed by atoms with Gasteiger partial charge >= 0.3 is 238 Å². The van der Waals surface area contributed by atoms with E-state index < -0.39 is 29.3 Å². The van der Waals surface area contributed by atoms with Crippen molar-refractivity contribution < 1.29 is 46.1 Å². The van der Waals surface area contributed by atoms with Crippen molar-refractivity contribution in [1.82, 2.24) is 0 Å². The molecule has 6 rings (SSSR count). The summed E-state index contributed by atoms with van der Waals surface area (Å²) >= 11 is -2.67. The van der Waals surface area contributed by atoms with Crippen LogP contribution in [0.4, 0.5) is 0 Å². The third kappa shape index (κ3) is 5.66. The molecule has 0 N–H and O–H groups in total. The Morgan fingerprint density at radius 1 is 0.675 bits per heavy atom. The van der Waals surface area contributed by atoms with Crippen molar-refractivity contribution in [2.75, 3.05) is 0 Å². The van der Waals surface area contributed by atoms with E-state index in [9.17, 15) is 0 Å². The number of hydrogen-bond acceptors (Lipinski definition) is 0. The largest absolute Gasteiger partial charge is 1.00 e. The monoisotopic (exact) mass is 656 g/mol. The fraction of sp³-hybridized carbons (Fsp3) is 0.194. The Balaban J connectivity index is 0.00000185. The molecule has 4 aromatic carbocycles. The van der Waals surface area contributed by atoms with Gasteiger partial charge in [0.2, 0.25) is 0 Å². The molecule has 0 aromatic heterocycles. The van der Waals surface area contributed by atoms with E-state index in [2.05, 4.69) is 143 Å². The van der Waals surface area contributed by atoms with Gasteiger partial charge in [0, 0.05) is 0 Å². The maximum Gasteiger partial charge on any atom is -1.00 e. The van der Waals surface area contributed by atoms with E-state index in [1.165, 1.54) is 33.4 Å². The summed E-state index contributed by atoms with van der Waals surface area (Å²) in [6.45, 7) is 12.1. The van der Waals surface area contributed by atoms with E-state index in [1.807, 2.05) is 3.28 Å². The van der Waals surface area contributed by atoms with Gasteiger partial charge in [-0.1, -0.05) is 0 Å². The third-order valence-electron chi connectivity index (χ3n) is 8.07. The average molecular weight is 659 g/mol. The van der Waals surface area contributed by atoms with Crippen LogP contribution in [0.2, 0.25) is 19.6 Å². The standard InChI is InChI=1S/C15H13.C13H10.C8H13Si.2ClH.Zr/c1-10-3-5-14-12(7-10)9-13-8-11(2)4-6-15(13)14;1-3-7-12(8-4-1)11-13-9-5-2-6-10-13;1-9(2,3)8-6-4-5-7-8;;;/h3-9H,1-2H3;1-10H;4,6H,5H2,1-3H3;2*1H;/q;;;;;+2/p-2. The molecule has 0 bridgehead atoms. The maximum atomic E-state index is 2.54. The van der Waals surface area contributed by atoms with Gasteiger partial charge in [-0.15, -0.1) is 0 Å². The molecule has 2 aliphatic rings. The summed E-state index contributed by atoms with van der Waals surface area (Å²) < 4.78 is 3.94. The smallest absolute Gasteiger partial charge is 1.00 e. The van der Waals surface area contributed by atoms with Crippen molar-refractivity contribution in [2.45, 2.75) is 43.5 Å². The van der Waals surface area contributed by atoms with Crippen molar-refractivity contribution >= 4 is 11.3 Å². The average Bonchev–Trinajstić information content (AvgIpc) is 3.51. The van der Waals surface area contributed by atoms with Crippen LogP contribution in [-0.4, -0.2) is 11.3 Å². The van der Waals surface area contributed by atoms with Crippen LogP contribution >= 0.6 is 0 Å². The minimum absolute atomic E-state index is 0. The van der Waals surface area contributed by atoms with Gasteiger partial charge in [-0.05, 0) is 0 Å². The maximum absolute atomic E-state index is 2.67. The molecule has 0 saturated heterocycles. The summed E-state index contributed by atoms with van der Waals surface area (Å²) in [5.41, 5.74) is 11.6. The third-order valence-corrected chi connectivity index (χ3v) is 19.2. The normalized spacial score (nSPS) is 13.6. The van der Waals surface area contributed by atoms with Crippen molar-refractivity contribution in [3.63, 3.8) is 0 Å². The Bertz CT molecular complexity index is 1530. The SMILES string of the molecule is Cc1ccc2c(c1)[CH]([Zr+2]([C]1=C([Si](C)(C)C)C=CC1)=[C](c1ccccc1)c1ccccc1)c1cc(C)ccc1-2.[Cl-].[Cl-]. The molecular formula is C36H36Cl2SiZr. The molecule has 0 heterocycles. The molecule has 4 heteroatoms. The van der Waals surface area contributed by atoms with Crippen molar-refractivity contribution in [3.8, 4) is 11.1 Å². The van der Waals surface area contributed by atoms with Gasteiger partial charge in [-0.3, -0.25) is 0 Å². The first-order chi connectivity index (χ1) is 18.3. The Morgan fingerprint density at radius 2 is 1.15 bits per heavy atom. The van der Waals surface area contributed by atoms with Crippen LogP contribution in [0.1, 0.15) is 43.4 Å². The fourth-order valence-corrected chi connectivity index (χ4v) is 20.7. The van der Waals surface area contributed by atoms with Crippen LogP contribution in [-0.2, 0) is 21.3 Å². The van der Waals surface area contributed by atoms with Crippen LogP contribution in [0, 0.1) is 13.8 Å². The summed E-state index contributed by atoms with van der Waals surface area (Å²) in [6, 6.07) is 37.1. The van der Waals surface area contributed by atoms with Crippen LogP contribution in [0.5, 0.6) is 0 Å². The van der Waals surface area contributed by atoms with Crippen molar-refractivity contribution in [2.24, 2.45) is 0 Å². The molecule has 0 fully saturated rings. The molecular weight excluding hydrogens is 623 g/mol. The molecule has 0 amide bonds. The summed E-state index contributed by atoms with van der Waals surface area (Å²) in [4.78, 5) is 0. The van der Waals surface area contributed by atoms with E-state index in [4.69, 9.17) is 0 Å². The molecule has 4 aromatic rings. The minimum atomic E-state index is -2.67. The second-order valence-electron chi connectivity index (χ2n) is 11.9. The predicted molar refractivity (Wildman–Crippen MR) is 163 cm³/mol. The second-order valence-corrected chi connectivity index (χ2v) is 23.1. The first-order valence-electron chi connectivity index (χ1n) is 13.8. The zero-order chi connectivity index (χ0) is 26.4. The molecule has 0 aliphatic heterocycles. The Hall–Kier alpha value is -2.09. The summed E-state index contributed by atoms with van der Waals surface area (Å²) in [6.07, 6.45) is 6.11. The van der Waals surface area contributed by atoms with Crippen molar-refractivity contribution in [3.05, 3.63) is 151 Å². The Kier molecular flexibility index (Phi) is 9.58. The summed E-state index contributed by atoms with van der Waals surface area (Å²) in [5.74, 6) is 0. The molecule has 0 nitrogen and oxygen atoms in total. The van der Waals surface area contributed by atoms with E-state index in [-0.39, 0.29) is 24.8 Å². The fourth-order valence-electron chi connectivity index (χ4n) is 6.43. The van der Waals surface area contributed by atoms with Crippen molar-refractivity contribution in [1.29, 1.82) is 0 Å². The van der Waals surface area contributed by atoms with Crippen LogP contribution in [0.15, 0.2) is 118 Å². The second kappa shape index (κ2) is 12.4. The van der Waals surface area contributed by atoms with Crippen LogP contribution in [0.3, 0.4) is 0 Å². The Labute approximate surface area is 261 Å². The number of rotatable bonds is 5. The molecule has 0 atom stereocenters. The van der Waals surface area contributed by atoms with Gasteiger partial charge in [0.25, 0.3) is 0 Å². The van der Waals surface area contributed by atoms with Crippen LogP contribution in [0.25, 0.3) is 11.1 Å². The number of hydrogen-bond donors (Lipinski definition) is 0. The molecule has 0 saturated carbocycles. The molecule has 0 spiro atoms. The molecule has 40 heavy (non-hydrogen) atoms. The van der Waals surface area contributed by atoms with Gasteiger partial charge in [-0.25, -0.2) is 0 Å². The van der Waals surface area contributed by atoms with Gasteiger partial charge in [0.1, 0.15) is 0 Å². The number of aryl methyl sites for hydroxylation is 2. The van der Waals surface area contributed by atoms with Gasteiger partial charge < -0.3 is 24.8 Å². The zero-order valence-electron chi connectivity index (χ0n) is 23.9. The number of allylic oxidation sites excluding steroid dienone is 4. The number of benzene rings is 4. The van der Waals surface area contributed by atoms with E-state index in [0.717, 1.165) is 6.42 Å². The number of halogens is 2. The molecule has 2 aliphatic carbocycles. The zero-order valence-corrected chi connectivity index (χ0v) is 28.9. The molecule has 0 unspecified atom stereocenters. The van der Waals surface area contributed by atoms with Gasteiger partial charge in [0.05, 0.1) is 0 Å². The van der Waals surface area contributed by atoms with Crippen LogP contribution < -0.4 is 24.8 Å². The first-order valence-corrected chi connectivity index (χ1v) is 21.2. The first kappa shape index (κ1) is 30.9. The summed E-state index contributed by atoms with van der Waals surface area (Å²) in [7, 11) is -1.53. The van der Waals surface area contributed by atoms with Gasteiger partial charge in [-0.2, -0.15) is 0 Å². The van der Waals surface area contributed by atoms with E-state index in [1.54, 1.807) is 19.5 Å². The van der Waals surface area contributed by atoms with Gasteiger partial charge in [0.15, 0.2) is 0 Å². The predicted octanol–water partition coefficient (Wildman–Crippen LogP) is 3.36.